The van der Waals surface area contributed by atoms with Gasteiger partial charge in [0.2, 0.25) is 0 Å². The average molecular weight is 277 g/mol. The predicted octanol–water partition coefficient (Wildman–Crippen LogP) is 0.661. The Hall–Kier alpha value is -1.30. The lowest BCUT2D eigenvalue weighted by Gasteiger charge is -2.45. The van der Waals surface area contributed by atoms with E-state index < -0.39 is 0 Å². The number of ether oxygens (including phenoxy) is 2. The molecule has 2 aliphatic heterocycles. The molecule has 5 nitrogen and oxygen atoms in total. The molecule has 1 fully saturated rings. The highest BCUT2D eigenvalue weighted by Gasteiger charge is 2.36. The zero-order valence-corrected chi connectivity index (χ0v) is 12.1. The first-order chi connectivity index (χ1) is 9.63. The number of methoxy groups -OCH3 is 2. The van der Waals surface area contributed by atoms with E-state index in [-0.39, 0.29) is 12.1 Å². The van der Waals surface area contributed by atoms with E-state index in [9.17, 15) is 0 Å². The van der Waals surface area contributed by atoms with Gasteiger partial charge in [-0.15, -0.1) is 0 Å². The Labute approximate surface area is 119 Å². The van der Waals surface area contributed by atoms with Gasteiger partial charge in [0.1, 0.15) is 0 Å². The summed E-state index contributed by atoms with van der Waals surface area (Å²) >= 11 is 0. The minimum absolute atomic E-state index is 0.0651. The maximum Gasteiger partial charge on any atom is 0.161 e. The van der Waals surface area contributed by atoms with Crippen LogP contribution in [-0.2, 0) is 6.42 Å². The van der Waals surface area contributed by atoms with Crippen molar-refractivity contribution in [1.29, 1.82) is 0 Å². The van der Waals surface area contributed by atoms with Gasteiger partial charge < -0.3 is 20.9 Å². The van der Waals surface area contributed by atoms with Crippen LogP contribution in [0.3, 0.4) is 0 Å². The number of nitrogens with zero attached hydrogens (tertiary/aromatic N) is 1. The standard InChI is InChI=1S/C15H23N3O2/c1-19-14-5-9-3-4-18-8-12(17)11(16)7-13(18)10(9)6-15(14)20-2/h5-6,11-13H,3-4,7-8,16-17H2,1-2H3. The van der Waals surface area contributed by atoms with E-state index in [0.29, 0.717) is 6.04 Å². The Kier molecular flexibility index (Phi) is 3.58. The zero-order chi connectivity index (χ0) is 14.3. The molecule has 0 aliphatic carbocycles. The number of piperidine rings is 1. The van der Waals surface area contributed by atoms with Gasteiger partial charge in [-0.25, -0.2) is 0 Å². The first-order valence-corrected chi connectivity index (χ1v) is 7.14. The monoisotopic (exact) mass is 277 g/mol. The fourth-order valence-electron chi connectivity index (χ4n) is 3.41. The number of rotatable bonds is 2. The van der Waals surface area contributed by atoms with Crippen molar-refractivity contribution in [3.8, 4) is 11.5 Å². The Morgan fingerprint density at radius 3 is 2.50 bits per heavy atom. The zero-order valence-electron chi connectivity index (χ0n) is 12.1. The van der Waals surface area contributed by atoms with Crippen LogP contribution in [0.2, 0.25) is 0 Å². The van der Waals surface area contributed by atoms with Crippen LogP contribution in [0.5, 0.6) is 11.5 Å². The Balaban J connectivity index is 1.99. The Morgan fingerprint density at radius 2 is 1.80 bits per heavy atom. The van der Waals surface area contributed by atoms with Crippen LogP contribution in [0.15, 0.2) is 12.1 Å². The van der Waals surface area contributed by atoms with Crippen molar-refractivity contribution < 1.29 is 9.47 Å². The minimum atomic E-state index is 0.0651. The number of nitrogens with two attached hydrogens (primary N) is 2. The van der Waals surface area contributed by atoms with E-state index in [1.165, 1.54) is 11.1 Å². The van der Waals surface area contributed by atoms with Gasteiger partial charge in [0.15, 0.2) is 11.5 Å². The molecule has 1 aromatic carbocycles. The molecule has 5 heteroatoms. The number of fused-ring (bicyclic) bond motifs is 3. The molecule has 2 aliphatic rings. The first kappa shape index (κ1) is 13.7. The molecule has 0 bridgehead atoms. The van der Waals surface area contributed by atoms with Gasteiger partial charge in [-0.05, 0) is 36.1 Å². The second-order valence-electron chi connectivity index (χ2n) is 5.73. The van der Waals surface area contributed by atoms with Gasteiger partial charge in [0.05, 0.1) is 14.2 Å². The van der Waals surface area contributed by atoms with Crippen LogP contribution < -0.4 is 20.9 Å². The molecule has 20 heavy (non-hydrogen) atoms. The average Bonchev–Trinajstić information content (AvgIpc) is 2.47. The fraction of sp³-hybridized carbons (Fsp3) is 0.600. The highest BCUT2D eigenvalue weighted by atomic mass is 16.5. The maximum atomic E-state index is 6.16. The SMILES string of the molecule is COc1cc2c(cc1OC)C1CC(N)C(N)CN1CC2. The number of hydrogen-bond donors (Lipinski definition) is 2. The van der Waals surface area contributed by atoms with Gasteiger partial charge in [0, 0.05) is 31.2 Å². The van der Waals surface area contributed by atoms with Crippen molar-refractivity contribution in [2.24, 2.45) is 11.5 Å². The third kappa shape index (κ3) is 2.16. The normalized spacial score (nSPS) is 29.5. The van der Waals surface area contributed by atoms with Crippen molar-refractivity contribution >= 4 is 0 Å². The van der Waals surface area contributed by atoms with E-state index in [1.54, 1.807) is 14.2 Å². The molecule has 2 heterocycles. The number of hydrogen-bond acceptors (Lipinski definition) is 5. The minimum Gasteiger partial charge on any atom is -0.493 e. The van der Waals surface area contributed by atoms with Crippen molar-refractivity contribution in [3.05, 3.63) is 23.3 Å². The molecule has 4 N–H and O–H groups in total. The molecule has 3 rings (SSSR count). The van der Waals surface area contributed by atoms with Gasteiger partial charge >= 0.3 is 0 Å². The van der Waals surface area contributed by atoms with Gasteiger partial charge in [-0.2, -0.15) is 0 Å². The molecule has 110 valence electrons. The van der Waals surface area contributed by atoms with E-state index >= 15 is 0 Å². The van der Waals surface area contributed by atoms with Gasteiger partial charge in [-0.1, -0.05) is 0 Å². The lowest BCUT2D eigenvalue weighted by atomic mass is 9.83. The molecular formula is C15H23N3O2. The lowest BCUT2D eigenvalue weighted by Crippen LogP contribution is -2.57. The molecule has 1 aromatic rings. The van der Waals surface area contributed by atoms with Crippen molar-refractivity contribution in [1.82, 2.24) is 4.90 Å². The van der Waals surface area contributed by atoms with Crippen molar-refractivity contribution in [3.63, 3.8) is 0 Å². The van der Waals surface area contributed by atoms with Crippen LogP contribution in [0.25, 0.3) is 0 Å². The quantitative estimate of drug-likeness (QED) is 0.831. The third-order valence-corrected chi connectivity index (χ3v) is 4.60. The summed E-state index contributed by atoms with van der Waals surface area (Å²) in [6.07, 6.45) is 1.93. The highest BCUT2D eigenvalue weighted by molar-refractivity contribution is 5.49. The topological polar surface area (TPSA) is 73.7 Å². The predicted molar refractivity (Wildman–Crippen MR) is 78.1 cm³/mol. The molecule has 0 radical (unpaired) electrons. The summed E-state index contributed by atoms with van der Waals surface area (Å²) in [6.45, 7) is 1.91. The second kappa shape index (κ2) is 5.24. The fourth-order valence-corrected chi connectivity index (χ4v) is 3.41. The van der Waals surface area contributed by atoms with Gasteiger partial charge in [-0.3, -0.25) is 4.90 Å². The van der Waals surface area contributed by atoms with Crippen LogP contribution in [0.1, 0.15) is 23.6 Å². The van der Waals surface area contributed by atoms with E-state index in [1.807, 2.05) is 0 Å². The van der Waals surface area contributed by atoms with E-state index in [0.717, 1.165) is 37.4 Å². The second-order valence-corrected chi connectivity index (χ2v) is 5.73. The third-order valence-electron chi connectivity index (χ3n) is 4.60. The summed E-state index contributed by atoms with van der Waals surface area (Å²) in [5.74, 6) is 1.59. The first-order valence-electron chi connectivity index (χ1n) is 7.14. The lowest BCUT2D eigenvalue weighted by molar-refractivity contribution is 0.111. The smallest absolute Gasteiger partial charge is 0.161 e. The van der Waals surface area contributed by atoms with Crippen LogP contribution in [0, 0.1) is 0 Å². The molecule has 3 atom stereocenters. The van der Waals surface area contributed by atoms with Crippen molar-refractivity contribution in [2.45, 2.75) is 31.0 Å². The van der Waals surface area contributed by atoms with E-state index in [4.69, 9.17) is 20.9 Å². The summed E-state index contributed by atoms with van der Waals surface area (Å²) in [5, 5.41) is 0. The summed E-state index contributed by atoms with van der Waals surface area (Å²) in [5.41, 5.74) is 14.9. The Morgan fingerprint density at radius 1 is 1.10 bits per heavy atom. The van der Waals surface area contributed by atoms with Crippen LogP contribution in [0.4, 0.5) is 0 Å². The summed E-state index contributed by atoms with van der Waals surface area (Å²) in [7, 11) is 3.35. The van der Waals surface area contributed by atoms with Crippen molar-refractivity contribution in [2.75, 3.05) is 27.3 Å². The maximum absolute atomic E-state index is 6.16. The summed E-state index contributed by atoms with van der Waals surface area (Å²) in [4.78, 5) is 2.45. The largest absolute Gasteiger partial charge is 0.493 e. The molecule has 1 saturated heterocycles. The molecule has 0 amide bonds. The molecule has 0 aromatic heterocycles. The number of benzene rings is 1. The van der Waals surface area contributed by atoms with E-state index in [2.05, 4.69) is 17.0 Å². The molecule has 0 spiro atoms. The van der Waals surface area contributed by atoms with Crippen LogP contribution >= 0.6 is 0 Å². The van der Waals surface area contributed by atoms with Crippen LogP contribution in [-0.4, -0.2) is 44.3 Å². The molecule has 3 unspecified atom stereocenters. The molecular weight excluding hydrogens is 254 g/mol. The van der Waals surface area contributed by atoms with Gasteiger partial charge in [0.25, 0.3) is 0 Å². The summed E-state index contributed by atoms with van der Waals surface area (Å²) in [6, 6.07) is 4.71. The summed E-state index contributed by atoms with van der Waals surface area (Å²) < 4.78 is 10.8. The Bertz CT molecular complexity index is 506. The molecule has 0 saturated carbocycles. The highest BCUT2D eigenvalue weighted by Crippen LogP contribution is 2.41.